The molecule has 0 spiro atoms. The molecule has 0 aliphatic rings. The van der Waals surface area contributed by atoms with Crippen LogP contribution in [0.3, 0.4) is 0 Å². The average molecular weight is 360 g/mol. The van der Waals surface area contributed by atoms with Crippen LogP contribution in [0, 0.1) is 0 Å². The van der Waals surface area contributed by atoms with Gasteiger partial charge < -0.3 is 10.6 Å². The molecule has 0 fully saturated rings. The number of likely N-dealkylation sites (N-methyl/N-ethyl adjacent to an activating group) is 1. The fraction of sp³-hybridized carbons (Fsp3) is 0.0952. The number of hydrogen-bond acceptors (Lipinski definition) is 3. The molecule has 2 aromatic carbocycles. The highest BCUT2D eigenvalue weighted by molar-refractivity contribution is 6.01. The Labute approximate surface area is 157 Å². The van der Waals surface area contributed by atoms with Crippen molar-refractivity contribution in [2.45, 2.75) is 6.42 Å². The Balaban J connectivity index is 1.57. The monoisotopic (exact) mass is 360 g/mol. The third-order valence-electron chi connectivity index (χ3n) is 3.92. The highest BCUT2D eigenvalue weighted by atomic mass is 16.2. The molecule has 0 aliphatic heterocycles. The number of anilines is 1. The van der Waals surface area contributed by atoms with Gasteiger partial charge >= 0.3 is 0 Å². The molecule has 1 heterocycles. The molecular weight excluding hydrogens is 340 g/mol. The zero-order valence-corrected chi connectivity index (χ0v) is 14.9. The van der Waals surface area contributed by atoms with E-state index in [1.165, 1.54) is 6.08 Å². The van der Waals surface area contributed by atoms with Crippen LogP contribution in [0.5, 0.6) is 0 Å². The highest BCUT2D eigenvalue weighted by Crippen LogP contribution is 2.11. The Morgan fingerprint density at radius 3 is 2.52 bits per heavy atom. The number of amides is 2. The summed E-state index contributed by atoms with van der Waals surface area (Å²) in [5, 5.41) is 9.66. The molecule has 3 rings (SSSR count). The van der Waals surface area contributed by atoms with E-state index in [0.717, 1.165) is 16.8 Å². The molecule has 0 bridgehead atoms. The number of nitrogens with zero attached hydrogens (tertiary/aromatic N) is 2. The summed E-state index contributed by atoms with van der Waals surface area (Å²) in [7, 11) is 1.60. The van der Waals surface area contributed by atoms with Crippen molar-refractivity contribution in [1.29, 1.82) is 0 Å². The number of carbonyl (C=O) groups excluding carboxylic acids is 2. The van der Waals surface area contributed by atoms with Crippen LogP contribution < -0.4 is 10.6 Å². The normalized spacial score (nSPS) is 10.7. The summed E-state index contributed by atoms with van der Waals surface area (Å²) in [6, 6.07) is 16.9. The van der Waals surface area contributed by atoms with Gasteiger partial charge in [-0.2, -0.15) is 5.10 Å². The van der Waals surface area contributed by atoms with Gasteiger partial charge in [0.05, 0.1) is 18.3 Å². The summed E-state index contributed by atoms with van der Waals surface area (Å²) >= 11 is 0. The van der Waals surface area contributed by atoms with Gasteiger partial charge in [-0.15, -0.1) is 0 Å². The van der Waals surface area contributed by atoms with E-state index in [1.54, 1.807) is 36.1 Å². The van der Waals surface area contributed by atoms with Crippen molar-refractivity contribution in [3.8, 4) is 5.69 Å². The molecule has 0 radical (unpaired) electrons. The maximum Gasteiger partial charge on any atom is 0.248 e. The topological polar surface area (TPSA) is 76.0 Å². The minimum absolute atomic E-state index is 0.0502. The van der Waals surface area contributed by atoms with Gasteiger partial charge in [0.15, 0.2) is 0 Å². The van der Waals surface area contributed by atoms with Crippen LogP contribution in [-0.2, 0) is 16.0 Å². The van der Waals surface area contributed by atoms with Gasteiger partial charge in [-0.1, -0.05) is 30.3 Å². The number of para-hydroxylation sites is 1. The third-order valence-corrected chi connectivity index (χ3v) is 3.92. The van der Waals surface area contributed by atoms with E-state index in [2.05, 4.69) is 15.7 Å². The molecule has 0 unspecified atom stereocenters. The van der Waals surface area contributed by atoms with Crippen molar-refractivity contribution in [3.05, 3.63) is 84.2 Å². The molecule has 3 aromatic rings. The van der Waals surface area contributed by atoms with Gasteiger partial charge in [0.25, 0.3) is 0 Å². The smallest absolute Gasteiger partial charge is 0.248 e. The van der Waals surface area contributed by atoms with Crippen molar-refractivity contribution in [2.75, 3.05) is 12.4 Å². The van der Waals surface area contributed by atoms with Crippen LogP contribution >= 0.6 is 0 Å². The van der Waals surface area contributed by atoms with E-state index in [9.17, 15) is 9.59 Å². The molecule has 1 aromatic heterocycles. The molecule has 6 heteroatoms. The summed E-state index contributed by atoms with van der Waals surface area (Å²) in [4.78, 5) is 23.4. The molecule has 136 valence electrons. The summed E-state index contributed by atoms with van der Waals surface area (Å²) in [5.74, 6) is -0.285. The van der Waals surface area contributed by atoms with Crippen LogP contribution in [0.1, 0.15) is 11.1 Å². The second-order valence-electron chi connectivity index (χ2n) is 5.92. The molecular formula is C21H20N4O2. The van der Waals surface area contributed by atoms with Crippen LogP contribution in [0.4, 0.5) is 5.69 Å². The third kappa shape index (κ3) is 5.15. The average Bonchev–Trinajstić information content (AvgIpc) is 3.17. The van der Waals surface area contributed by atoms with E-state index in [-0.39, 0.29) is 11.8 Å². The summed E-state index contributed by atoms with van der Waals surface area (Å²) in [5.41, 5.74) is 3.34. The predicted octanol–water partition coefficient (Wildman–Crippen LogP) is 2.81. The zero-order chi connectivity index (χ0) is 19.1. The largest absolute Gasteiger partial charge is 0.359 e. The first kappa shape index (κ1) is 18.1. The molecule has 2 N–H and O–H groups in total. The maximum atomic E-state index is 12.1. The van der Waals surface area contributed by atoms with Crippen molar-refractivity contribution in [3.63, 3.8) is 0 Å². The fourth-order valence-electron chi connectivity index (χ4n) is 2.48. The summed E-state index contributed by atoms with van der Waals surface area (Å²) < 4.78 is 1.75. The van der Waals surface area contributed by atoms with Gasteiger partial charge in [-0.3, -0.25) is 9.59 Å². The predicted molar refractivity (Wildman–Crippen MR) is 105 cm³/mol. The molecule has 0 aliphatic carbocycles. The van der Waals surface area contributed by atoms with Gasteiger partial charge in [0.2, 0.25) is 11.8 Å². The van der Waals surface area contributed by atoms with Crippen molar-refractivity contribution in [2.24, 2.45) is 0 Å². The molecule has 0 saturated heterocycles. The van der Waals surface area contributed by atoms with Gasteiger partial charge in [-0.05, 0) is 35.9 Å². The van der Waals surface area contributed by atoms with E-state index in [1.807, 2.05) is 48.7 Å². The molecule has 0 saturated carbocycles. The first-order valence-electron chi connectivity index (χ1n) is 8.53. The van der Waals surface area contributed by atoms with Gasteiger partial charge in [-0.25, -0.2) is 4.68 Å². The molecule has 2 amide bonds. The van der Waals surface area contributed by atoms with E-state index in [0.29, 0.717) is 12.1 Å². The molecule has 0 atom stereocenters. The van der Waals surface area contributed by atoms with Crippen molar-refractivity contribution >= 4 is 23.6 Å². The second kappa shape index (κ2) is 8.62. The number of hydrogen-bond donors (Lipinski definition) is 2. The number of nitrogens with one attached hydrogen (secondary N) is 2. The van der Waals surface area contributed by atoms with Gasteiger partial charge in [0, 0.05) is 30.6 Å². The minimum atomic E-state index is -0.235. The maximum absolute atomic E-state index is 12.1. The lowest BCUT2D eigenvalue weighted by atomic mass is 10.1. The number of benzene rings is 2. The number of carbonyl (C=O) groups is 2. The highest BCUT2D eigenvalue weighted by Gasteiger charge is 2.03. The SMILES string of the molecule is CNC(=O)Cc1ccc(NC(=O)/C=C/c2cnn(-c3ccccc3)c2)cc1. The summed E-state index contributed by atoms with van der Waals surface area (Å²) in [6.45, 7) is 0. The van der Waals surface area contributed by atoms with E-state index < -0.39 is 0 Å². The zero-order valence-electron chi connectivity index (χ0n) is 14.9. The standard InChI is InChI=1S/C21H20N4O2/c1-22-21(27)13-16-7-10-18(11-8-16)24-20(26)12-9-17-14-23-25(15-17)19-5-3-2-4-6-19/h2-12,14-15H,13H2,1H3,(H,22,27)(H,24,26)/b12-9+. The summed E-state index contributed by atoms with van der Waals surface area (Å²) in [6.07, 6.45) is 7.04. The number of aromatic nitrogens is 2. The lowest BCUT2D eigenvalue weighted by Crippen LogP contribution is -2.19. The Kier molecular flexibility index (Phi) is 5.79. The molecule has 27 heavy (non-hydrogen) atoms. The Bertz CT molecular complexity index is 944. The lowest BCUT2D eigenvalue weighted by molar-refractivity contribution is -0.120. The lowest BCUT2D eigenvalue weighted by Gasteiger charge is -2.04. The van der Waals surface area contributed by atoms with Gasteiger partial charge in [0.1, 0.15) is 0 Å². The van der Waals surface area contributed by atoms with Crippen LogP contribution in [0.15, 0.2) is 73.1 Å². The fourth-order valence-corrected chi connectivity index (χ4v) is 2.48. The van der Waals surface area contributed by atoms with Crippen LogP contribution in [0.25, 0.3) is 11.8 Å². The van der Waals surface area contributed by atoms with E-state index >= 15 is 0 Å². The number of rotatable bonds is 6. The Morgan fingerprint density at radius 1 is 1.07 bits per heavy atom. The van der Waals surface area contributed by atoms with Crippen LogP contribution in [-0.4, -0.2) is 28.6 Å². The minimum Gasteiger partial charge on any atom is -0.359 e. The Morgan fingerprint density at radius 2 is 1.81 bits per heavy atom. The molecule has 6 nitrogen and oxygen atoms in total. The van der Waals surface area contributed by atoms with E-state index in [4.69, 9.17) is 0 Å². The van der Waals surface area contributed by atoms with Crippen molar-refractivity contribution in [1.82, 2.24) is 15.1 Å². The first-order valence-corrected chi connectivity index (χ1v) is 8.53. The van der Waals surface area contributed by atoms with Crippen molar-refractivity contribution < 1.29 is 9.59 Å². The first-order chi connectivity index (χ1) is 13.1. The van der Waals surface area contributed by atoms with Crippen LogP contribution in [0.2, 0.25) is 0 Å². The quantitative estimate of drug-likeness (QED) is 0.664. The second-order valence-corrected chi connectivity index (χ2v) is 5.92. The Hall–Kier alpha value is -3.67.